The lowest BCUT2D eigenvalue weighted by atomic mass is 10.0. The van der Waals surface area contributed by atoms with E-state index in [4.69, 9.17) is 0 Å². The Morgan fingerprint density at radius 1 is 0.864 bits per heavy atom. The number of hydrogen-bond donors (Lipinski definition) is 1. The third kappa shape index (κ3) is 2.41. The van der Waals surface area contributed by atoms with E-state index in [2.05, 4.69) is 77.9 Å². The van der Waals surface area contributed by atoms with E-state index in [1.807, 2.05) is 0 Å². The molecule has 0 unspecified atom stereocenters. The van der Waals surface area contributed by atoms with Gasteiger partial charge in [0.15, 0.2) is 0 Å². The van der Waals surface area contributed by atoms with Crippen LogP contribution in [0.15, 0.2) is 60.7 Å². The summed E-state index contributed by atoms with van der Waals surface area (Å²) in [5.41, 5.74) is 5.13. The molecule has 4 rings (SSSR count). The van der Waals surface area contributed by atoms with Gasteiger partial charge in [-0.25, -0.2) is 0 Å². The van der Waals surface area contributed by atoms with Crippen molar-refractivity contribution in [3.05, 3.63) is 66.2 Å². The third-order valence-corrected chi connectivity index (χ3v) is 4.47. The minimum atomic E-state index is 1.14. The Hall–Kier alpha value is -2.48. The fourth-order valence-corrected chi connectivity index (χ4v) is 3.30. The standard InChI is InChI=1S/C20H20N2/c1-22-12-4-7-17-14-19(10-11-20(17)22)21-18-9-8-15-5-2-3-6-16(15)13-18/h2-3,5-6,8-11,13-14,21H,4,7,12H2,1H3. The molecule has 0 spiro atoms. The quantitative estimate of drug-likeness (QED) is 0.716. The van der Waals surface area contributed by atoms with Crippen molar-refractivity contribution >= 4 is 27.8 Å². The molecule has 1 heterocycles. The molecule has 3 aromatic carbocycles. The van der Waals surface area contributed by atoms with Crippen LogP contribution < -0.4 is 10.2 Å². The summed E-state index contributed by atoms with van der Waals surface area (Å²) in [7, 11) is 2.18. The van der Waals surface area contributed by atoms with Crippen LogP contribution in [0.4, 0.5) is 17.1 Å². The second kappa shape index (κ2) is 5.38. The van der Waals surface area contributed by atoms with Gasteiger partial charge in [0, 0.05) is 30.7 Å². The summed E-state index contributed by atoms with van der Waals surface area (Å²) in [5, 5.41) is 6.09. The van der Waals surface area contributed by atoms with Crippen LogP contribution in [0.1, 0.15) is 12.0 Å². The molecule has 0 saturated carbocycles. The maximum Gasteiger partial charge on any atom is 0.0397 e. The summed E-state index contributed by atoms with van der Waals surface area (Å²) in [4.78, 5) is 2.35. The lowest BCUT2D eigenvalue weighted by molar-refractivity contribution is 0.745. The summed E-state index contributed by atoms with van der Waals surface area (Å²) in [6.45, 7) is 1.16. The Morgan fingerprint density at radius 3 is 2.55 bits per heavy atom. The molecule has 2 heteroatoms. The molecule has 0 aromatic heterocycles. The highest BCUT2D eigenvalue weighted by molar-refractivity contribution is 5.86. The Labute approximate surface area is 131 Å². The molecule has 0 atom stereocenters. The molecule has 0 amide bonds. The average Bonchev–Trinajstić information content (AvgIpc) is 2.55. The molecular formula is C20H20N2. The Morgan fingerprint density at radius 2 is 1.64 bits per heavy atom. The van der Waals surface area contributed by atoms with Crippen molar-refractivity contribution in [2.45, 2.75) is 12.8 Å². The first-order valence-electron chi connectivity index (χ1n) is 7.89. The van der Waals surface area contributed by atoms with Crippen molar-refractivity contribution in [1.29, 1.82) is 0 Å². The lowest BCUT2D eigenvalue weighted by Gasteiger charge is -2.28. The van der Waals surface area contributed by atoms with Crippen LogP contribution in [0.5, 0.6) is 0 Å². The number of fused-ring (bicyclic) bond motifs is 2. The highest BCUT2D eigenvalue weighted by Gasteiger charge is 2.13. The van der Waals surface area contributed by atoms with Gasteiger partial charge in [0.25, 0.3) is 0 Å². The fourth-order valence-electron chi connectivity index (χ4n) is 3.30. The zero-order chi connectivity index (χ0) is 14.9. The largest absolute Gasteiger partial charge is 0.374 e. The number of nitrogens with one attached hydrogen (secondary N) is 1. The summed E-state index contributed by atoms with van der Waals surface area (Å²) in [6, 6.07) is 21.7. The van der Waals surface area contributed by atoms with E-state index in [-0.39, 0.29) is 0 Å². The van der Waals surface area contributed by atoms with Gasteiger partial charge >= 0.3 is 0 Å². The minimum absolute atomic E-state index is 1.14. The molecule has 1 aliphatic rings. The number of nitrogens with zero attached hydrogens (tertiary/aromatic N) is 1. The van der Waals surface area contributed by atoms with Gasteiger partial charge in [-0.1, -0.05) is 30.3 Å². The van der Waals surface area contributed by atoms with Crippen LogP contribution >= 0.6 is 0 Å². The molecule has 1 aliphatic heterocycles. The van der Waals surface area contributed by atoms with Crippen molar-refractivity contribution in [3.8, 4) is 0 Å². The zero-order valence-electron chi connectivity index (χ0n) is 12.8. The summed E-state index contributed by atoms with van der Waals surface area (Å²) < 4.78 is 0. The maximum atomic E-state index is 3.54. The maximum absolute atomic E-state index is 3.54. The Balaban J connectivity index is 1.64. The monoisotopic (exact) mass is 288 g/mol. The van der Waals surface area contributed by atoms with E-state index >= 15 is 0 Å². The highest BCUT2D eigenvalue weighted by atomic mass is 15.1. The van der Waals surface area contributed by atoms with Crippen LogP contribution in [0.3, 0.4) is 0 Å². The molecule has 0 bridgehead atoms. The number of rotatable bonds is 2. The van der Waals surface area contributed by atoms with E-state index in [0.29, 0.717) is 0 Å². The van der Waals surface area contributed by atoms with E-state index in [9.17, 15) is 0 Å². The number of hydrogen-bond acceptors (Lipinski definition) is 2. The minimum Gasteiger partial charge on any atom is -0.374 e. The van der Waals surface area contributed by atoms with Gasteiger partial charge in [0.1, 0.15) is 0 Å². The molecule has 3 aromatic rings. The number of benzene rings is 3. The van der Waals surface area contributed by atoms with Gasteiger partial charge < -0.3 is 10.2 Å². The molecule has 0 fully saturated rings. The second-order valence-corrected chi connectivity index (χ2v) is 6.06. The van der Waals surface area contributed by atoms with Gasteiger partial charge in [-0.05, 0) is 59.5 Å². The average molecular weight is 288 g/mol. The zero-order valence-corrected chi connectivity index (χ0v) is 12.8. The lowest BCUT2D eigenvalue weighted by Crippen LogP contribution is -2.24. The van der Waals surface area contributed by atoms with Crippen LogP contribution in [-0.2, 0) is 6.42 Å². The third-order valence-electron chi connectivity index (χ3n) is 4.47. The van der Waals surface area contributed by atoms with Gasteiger partial charge in [-0.2, -0.15) is 0 Å². The van der Waals surface area contributed by atoms with Crippen molar-refractivity contribution < 1.29 is 0 Å². The van der Waals surface area contributed by atoms with Crippen LogP contribution in [0, 0.1) is 0 Å². The van der Waals surface area contributed by atoms with E-state index in [0.717, 1.165) is 12.2 Å². The molecule has 22 heavy (non-hydrogen) atoms. The number of aryl methyl sites for hydroxylation is 1. The van der Waals surface area contributed by atoms with Crippen molar-refractivity contribution in [1.82, 2.24) is 0 Å². The highest BCUT2D eigenvalue weighted by Crippen LogP contribution is 2.30. The first kappa shape index (κ1) is 13.2. The van der Waals surface area contributed by atoms with Crippen LogP contribution in [0.25, 0.3) is 10.8 Å². The van der Waals surface area contributed by atoms with Gasteiger partial charge in [-0.15, -0.1) is 0 Å². The van der Waals surface area contributed by atoms with Gasteiger partial charge in [-0.3, -0.25) is 0 Å². The van der Waals surface area contributed by atoms with E-state index in [1.54, 1.807) is 0 Å². The summed E-state index contributed by atoms with van der Waals surface area (Å²) in [6.07, 6.45) is 2.41. The van der Waals surface area contributed by atoms with Crippen molar-refractivity contribution in [2.24, 2.45) is 0 Å². The Bertz CT molecular complexity index is 823. The second-order valence-electron chi connectivity index (χ2n) is 6.06. The Kier molecular flexibility index (Phi) is 3.23. The van der Waals surface area contributed by atoms with Gasteiger partial charge in [0.05, 0.1) is 0 Å². The molecular weight excluding hydrogens is 268 g/mol. The first-order valence-corrected chi connectivity index (χ1v) is 7.89. The molecule has 0 radical (unpaired) electrons. The SMILES string of the molecule is CN1CCCc2cc(Nc3ccc4ccccc4c3)ccc21. The molecule has 0 aliphatic carbocycles. The van der Waals surface area contributed by atoms with Gasteiger partial charge in [0.2, 0.25) is 0 Å². The molecule has 110 valence electrons. The normalized spacial score (nSPS) is 14.0. The van der Waals surface area contributed by atoms with Crippen LogP contribution in [-0.4, -0.2) is 13.6 Å². The van der Waals surface area contributed by atoms with Crippen molar-refractivity contribution in [3.63, 3.8) is 0 Å². The summed E-state index contributed by atoms with van der Waals surface area (Å²) in [5.74, 6) is 0. The predicted molar refractivity (Wildman–Crippen MR) is 95.3 cm³/mol. The molecule has 2 nitrogen and oxygen atoms in total. The van der Waals surface area contributed by atoms with E-state index < -0.39 is 0 Å². The predicted octanol–water partition coefficient (Wildman–Crippen LogP) is 4.97. The fraction of sp³-hybridized carbons (Fsp3) is 0.200. The number of anilines is 3. The molecule has 0 saturated heterocycles. The summed E-state index contributed by atoms with van der Waals surface area (Å²) >= 11 is 0. The topological polar surface area (TPSA) is 15.3 Å². The molecule has 1 N–H and O–H groups in total. The van der Waals surface area contributed by atoms with E-state index in [1.165, 1.54) is 40.6 Å². The smallest absolute Gasteiger partial charge is 0.0397 e. The first-order chi connectivity index (χ1) is 10.8. The van der Waals surface area contributed by atoms with Crippen molar-refractivity contribution in [2.75, 3.05) is 23.8 Å². The van der Waals surface area contributed by atoms with Crippen LogP contribution in [0.2, 0.25) is 0 Å².